The highest BCUT2D eigenvalue weighted by molar-refractivity contribution is 9.11. The van der Waals surface area contributed by atoms with Crippen molar-refractivity contribution in [2.75, 3.05) is 6.61 Å². The summed E-state index contributed by atoms with van der Waals surface area (Å²) in [5.41, 5.74) is 0. The molecule has 2 aromatic rings. The molecule has 1 N–H and O–H groups in total. The third-order valence-electron chi connectivity index (χ3n) is 4.87. The second-order valence-corrected chi connectivity index (χ2v) is 13.5. The lowest BCUT2D eigenvalue weighted by Crippen LogP contribution is -2.66. The zero-order valence-corrected chi connectivity index (χ0v) is 19.2. The summed E-state index contributed by atoms with van der Waals surface area (Å²) in [5, 5.41) is 12.7. The number of halogens is 1. The van der Waals surface area contributed by atoms with Crippen LogP contribution in [-0.4, -0.2) is 26.1 Å². The number of rotatable bonds is 9. The molecule has 0 amide bonds. The molecule has 0 aliphatic rings. The molecule has 4 heteroatoms. The molecular weight excluding hydrogens is 416 g/mol. The second-order valence-electron chi connectivity index (χ2n) is 8.03. The molecule has 2 aromatic carbocycles. The molecule has 0 unspecified atom stereocenters. The molecule has 27 heavy (non-hydrogen) atoms. The molecule has 0 fully saturated rings. The first-order valence-corrected chi connectivity index (χ1v) is 12.2. The second kappa shape index (κ2) is 9.83. The molecule has 0 aromatic heterocycles. The SMILES string of the molecule is C=C(Br)C[C@@H](O)CCCO[Si](c1ccccc1)(c1ccccc1)C(C)(C)C. The Balaban J connectivity index is 2.29. The Kier molecular flexibility index (Phi) is 8.04. The Morgan fingerprint density at radius 3 is 1.93 bits per heavy atom. The van der Waals surface area contributed by atoms with Crippen LogP contribution in [-0.2, 0) is 4.43 Å². The van der Waals surface area contributed by atoms with E-state index in [2.05, 4.69) is 104 Å². The van der Waals surface area contributed by atoms with Gasteiger partial charge >= 0.3 is 0 Å². The maximum atomic E-state index is 10.1. The lowest BCUT2D eigenvalue weighted by atomic mass is 10.1. The molecule has 2 rings (SSSR count). The third kappa shape index (κ3) is 5.64. The zero-order chi connectivity index (χ0) is 19.9. The van der Waals surface area contributed by atoms with Crippen LogP contribution in [0.2, 0.25) is 5.04 Å². The molecule has 0 saturated carbocycles. The predicted octanol–water partition coefficient (Wildman–Crippen LogP) is 5.00. The Labute approximate surface area is 173 Å². The fourth-order valence-electron chi connectivity index (χ4n) is 3.66. The number of hydrogen-bond acceptors (Lipinski definition) is 2. The van der Waals surface area contributed by atoms with E-state index in [1.807, 2.05) is 0 Å². The van der Waals surface area contributed by atoms with Gasteiger partial charge in [0.15, 0.2) is 0 Å². The Bertz CT molecular complexity index is 671. The molecular formula is C23H31BrO2Si. The van der Waals surface area contributed by atoms with Crippen LogP contribution in [0, 0.1) is 0 Å². The van der Waals surface area contributed by atoms with Gasteiger partial charge in [-0.2, -0.15) is 0 Å². The number of hydrogen-bond donors (Lipinski definition) is 1. The lowest BCUT2D eigenvalue weighted by molar-refractivity contribution is 0.153. The zero-order valence-electron chi connectivity index (χ0n) is 16.6. The summed E-state index contributed by atoms with van der Waals surface area (Å²) in [6.07, 6.45) is 1.74. The van der Waals surface area contributed by atoms with E-state index in [1.165, 1.54) is 10.4 Å². The molecule has 0 aliphatic carbocycles. The lowest BCUT2D eigenvalue weighted by Gasteiger charge is -2.43. The fraction of sp³-hybridized carbons (Fsp3) is 0.391. The molecule has 0 spiro atoms. The highest BCUT2D eigenvalue weighted by atomic mass is 79.9. The van der Waals surface area contributed by atoms with Gasteiger partial charge in [-0.1, -0.05) is 104 Å². The van der Waals surface area contributed by atoms with Crippen LogP contribution in [0.25, 0.3) is 0 Å². The van der Waals surface area contributed by atoms with Crippen LogP contribution in [0.1, 0.15) is 40.0 Å². The predicted molar refractivity (Wildman–Crippen MR) is 121 cm³/mol. The molecule has 0 aliphatic heterocycles. The van der Waals surface area contributed by atoms with Gasteiger partial charge in [0.25, 0.3) is 8.32 Å². The molecule has 146 valence electrons. The smallest absolute Gasteiger partial charge is 0.261 e. The van der Waals surface area contributed by atoms with Gasteiger partial charge in [-0.15, -0.1) is 0 Å². The van der Waals surface area contributed by atoms with Crippen molar-refractivity contribution in [3.05, 3.63) is 71.7 Å². The molecule has 2 nitrogen and oxygen atoms in total. The van der Waals surface area contributed by atoms with E-state index in [-0.39, 0.29) is 11.1 Å². The fourth-order valence-corrected chi connectivity index (χ4v) is 8.64. The topological polar surface area (TPSA) is 29.5 Å². The summed E-state index contributed by atoms with van der Waals surface area (Å²) in [5.74, 6) is 0. The molecule has 1 atom stereocenters. The van der Waals surface area contributed by atoms with Gasteiger partial charge in [0.05, 0.1) is 6.10 Å². The van der Waals surface area contributed by atoms with E-state index < -0.39 is 8.32 Å². The van der Waals surface area contributed by atoms with Crippen molar-refractivity contribution in [3.8, 4) is 0 Å². The van der Waals surface area contributed by atoms with E-state index in [1.54, 1.807) is 0 Å². The first-order valence-electron chi connectivity index (χ1n) is 9.53. The van der Waals surface area contributed by atoms with E-state index in [0.717, 1.165) is 10.9 Å². The van der Waals surface area contributed by atoms with Crippen molar-refractivity contribution in [1.29, 1.82) is 0 Å². The normalized spacial score (nSPS) is 13.4. The van der Waals surface area contributed by atoms with Crippen molar-refractivity contribution in [1.82, 2.24) is 0 Å². The first-order chi connectivity index (χ1) is 12.8. The molecule has 0 bridgehead atoms. The van der Waals surface area contributed by atoms with Crippen LogP contribution in [0.15, 0.2) is 71.7 Å². The quantitative estimate of drug-likeness (QED) is 0.433. The third-order valence-corrected chi connectivity index (χ3v) is 10.2. The van der Waals surface area contributed by atoms with Crippen LogP contribution >= 0.6 is 15.9 Å². The van der Waals surface area contributed by atoms with E-state index in [4.69, 9.17) is 4.43 Å². The summed E-state index contributed by atoms with van der Waals surface area (Å²) < 4.78 is 7.65. The summed E-state index contributed by atoms with van der Waals surface area (Å²) in [4.78, 5) is 0. The number of aliphatic hydroxyl groups is 1. The van der Waals surface area contributed by atoms with E-state index in [9.17, 15) is 5.11 Å². The summed E-state index contributed by atoms with van der Waals surface area (Å²) in [6, 6.07) is 21.3. The van der Waals surface area contributed by atoms with Gasteiger partial charge in [-0.05, 0) is 32.7 Å². The van der Waals surface area contributed by atoms with Crippen molar-refractivity contribution < 1.29 is 9.53 Å². The van der Waals surface area contributed by atoms with Gasteiger partial charge in [0.2, 0.25) is 0 Å². The summed E-state index contributed by atoms with van der Waals surface area (Å²) in [6.45, 7) is 11.3. The Morgan fingerprint density at radius 2 is 1.52 bits per heavy atom. The van der Waals surface area contributed by atoms with Gasteiger partial charge in [-0.3, -0.25) is 0 Å². The van der Waals surface area contributed by atoms with Crippen molar-refractivity contribution in [2.24, 2.45) is 0 Å². The maximum Gasteiger partial charge on any atom is 0.261 e. The monoisotopic (exact) mass is 446 g/mol. The van der Waals surface area contributed by atoms with Gasteiger partial charge < -0.3 is 9.53 Å². The Hall–Kier alpha value is -1.20. The van der Waals surface area contributed by atoms with Crippen LogP contribution in [0.3, 0.4) is 0 Å². The van der Waals surface area contributed by atoms with Gasteiger partial charge in [0.1, 0.15) is 0 Å². The maximum absolute atomic E-state index is 10.1. The average molecular weight is 447 g/mol. The minimum absolute atomic E-state index is 0.0154. The first kappa shape index (κ1) is 22.1. The summed E-state index contributed by atoms with van der Waals surface area (Å²) in [7, 11) is -2.46. The highest BCUT2D eigenvalue weighted by Gasteiger charge is 2.49. The van der Waals surface area contributed by atoms with Crippen molar-refractivity contribution in [3.63, 3.8) is 0 Å². The van der Waals surface area contributed by atoms with Crippen LogP contribution in [0.4, 0.5) is 0 Å². The van der Waals surface area contributed by atoms with Crippen molar-refractivity contribution in [2.45, 2.75) is 51.2 Å². The van der Waals surface area contributed by atoms with Crippen molar-refractivity contribution >= 4 is 34.6 Å². The molecule has 0 radical (unpaired) electrons. The minimum atomic E-state index is -2.46. The highest BCUT2D eigenvalue weighted by Crippen LogP contribution is 2.36. The van der Waals surface area contributed by atoms with E-state index >= 15 is 0 Å². The molecule has 0 heterocycles. The Morgan fingerprint density at radius 1 is 1.04 bits per heavy atom. The van der Waals surface area contributed by atoms with Gasteiger partial charge in [-0.25, -0.2) is 0 Å². The van der Waals surface area contributed by atoms with Crippen LogP contribution in [0.5, 0.6) is 0 Å². The van der Waals surface area contributed by atoms with E-state index in [0.29, 0.717) is 19.4 Å². The number of aliphatic hydroxyl groups excluding tert-OH is 1. The standard InChI is InChI=1S/C23H31BrO2Si/c1-19(24)18-20(25)12-11-17-26-27(23(2,3)4,21-13-7-5-8-14-21)22-15-9-6-10-16-22/h5-10,13-16,20,25H,1,11-12,17-18H2,2-4H3/t20-/m0/s1. The largest absolute Gasteiger partial charge is 0.407 e. The van der Waals surface area contributed by atoms with Gasteiger partial charge in [0, 0.05) is 13.0 Å². The summed E-state index contributed by atoms with van der Waals surface area (Å²) >= 11 is 3.32. The van der Waals surface area contributed by atoms with Crippen LogP contribution < -0.4 is 10.4 Å². The number of benzene rings is 2. The molecule has 0 saturated heterocycles. The minimum Gasteiger partial charge on any atom is -0.407 e. The average Bonchev–Trinajstić information content (AvgIpc) is 2.61.